The van der Waals surface area contributed by atoms with E-state index in [0.29, 0.717) is 22.3 Å². The number of anilines is 4. The van der Waals surface area contributed by atoms with Crippen LogP contribution in [0.3, 0.4) is 0 Å². The van der Waals surface area contributed by atoms with E-state index >= 15 is 0 Å². The number of hydrogen-bond acceptors (Lipinski definition) is 9. The predicted molar refractivity (Wildman–Crippen MR) is 176 cm³/mol. The van der Waals surface area contributed by atoms with Crippen molar-refractivity contribution in [2.24, 2.45) is 0 Å². The Morgan fingerprint density at radius 2 is 0.783 bits per heavy atom. The molecule has 0 heterocycles. The number of aliphatic hydroxyl groups is 4. The molecule has 0 aliphatic heterocycles. The summed E-state index contributed by atoms with van der Waals surface area (Å²) < 4.78 is 0. The van der Waals surface area contributed by atoms with Gasteiger partial charge in [-0.15, -0.1) is 0 Å². The number of benzene rings is 4. The standard InChI is InChI=1S/C35H38N4O7/c1-38(29-15-7-25(8-16-29)34(45)36-19-31(42)21-40)27-11-3-23(4-12-27)33(44)24-5-13-28(14-6-24)39(2)30-17-9-26(10-18-30)35(46)37-20-32(43)22-41/h3-18,31-32,40-43H,19-22H2,1-2H3,(H,36,45)(H,37,46). The molecule has 0 saturated carbocycles. The number of nitrogens with one attached hydrogen (secondary N) is 2. The minimum atomic E-state index is -1.01. The van der Waals surface area contributed by atoms with Gasteiger partial charge in [-0.2, -0.15) is 0 Å². The second kappa shape index (κ2) is 15.8. The third-order valence-electron chi connectivity index (χ3n) is 7.49. The first-order valence-corrected chi connectivity index (χ1v) is 14.7. The topological polar surface area (TPSA) is 163 Å². The Morgan fingerprint density at radius 3 is 1.04 bits per heavy atom. The summed E-state index contributed by atoms with van der Waals surface area (Å²) in [5.74, 6) is -0.816. The summed E-state index contributed by atoms with van der Waals surface area (Å²) in [4.78, 5) is 41.6. The van der Waals surface area contributed by atoms with E-state index in [4.69, 9.17) is 10.2 Å². The van der Waals surface area contributed by atoms with Gasteiger partial charge in [0, 0.05) is 72.2 Å². The van der Waals surface area contributed by atoms with Crippen LogP contribution < -0.4 is 20.4 Å². The molecule has 6 N–H and O–H groups in total. The second-order valence-electron chi connectivity index (χ2n) is 10.7. The van der Waals surface area contributed by atoms with E-state index in [1.165, 1.54) is 0 Å². The molecule has 0 aromatic heterocycles. The normalized spacial score (nSPS) is 12.1. The molecule has 2 atom stereocenters. The molecule has 240 valence electrons. The molecule has 0 aliphatic rings. The fourth-order valence-electron chi connectivity index (χ4n) is 4.56. The largest absolute Gasteiger partial charge is 0.394 e. The molecular weight excluding hydrogens is 588 g/mol. The fourth-order valence-corrected chi connectivity index (χ4v) is 4.56. The maximum absolute atomic E-state index is 13.2. The van der Waals surface area contributed by atoms with Crippen LogP contribution in [0.25, 0.3) is 0 Å². The van der Waals surface area contributed by atoms with Crippen molar-refractivity contribution in [1.29, 1.82) is 0 Å². The van der Waals surface area contributed by atoms with Crippen LogP contribution >= 0.6 is 0 Å². The highest BCUT2D eigenvalue weighted by Gasteiger charge is 2.14. The number of aliphatic hydroxyl groups excluding tert-OH is 4. The van der Waals surface area contributed by atoms with Crippen molar-refractivity contribution in [3.8, 4) is 0 Å². The van der Waals surface area contributed by atoms with Gasteiger partial charge >= 0.3 is 0 Å². The lowest BCUT2D eigenvalue weighted by Crippen LogP contribution is -2.33. The van der Waals surface area contributed by atoms with Gasteiger partial charge in [0.1, 0.15) is 0 Å². The van der Waals surface area contributed by atoms with Gasteiger partial charge in [0.25, 0.3) is 11.8 Å². The number of rotatable bonds is 14. The van der Waals surface area contributed by atoms with Gasteiger partial charge in [-0.3, -0.25) is 14.4 Å². The minimum absolute atomic E-state index is 0.0395. The maximum Gasteiger partial charge on any atom is 0.251 e. The highest BCUT2D eigenvalue weighted by molar-refractivity contribution is 6.09. The summed E-state index contributed by atoms with van der Waals surface area (Å²) in [7, 11) is 3.76. The second-order valence-corrected chi connectivity index (χ2v) is 10.7. The molecular formula is C35H38N4O7. The summed E-state index contributed by atoms with van der Waals surface area (Å²) in [6.07, 6.45) is -2.02. The Morgan fingerprint density at radius 1 is 0.522 bits per heavy atom. The first-order valence-electron chi connectivity index (χ1n) is 14.7. The molecule has 46 heavy (non-hydrogen) atoms. The van der Waals surface area contributed by atoms with Crippen LogP contribution in [0.4, 0.5) is 22.7 Å². The van der Waals surface area contributed by atoms with E-state index in [1.807, 2.05) is 48.2 Å². The number of carbonyl (C=O) groups is 3. The Kier molecular flexibility index (Phi) is 11.6. The van der Waals surface area contributed by atoms with Crippen molar-refractivity contribution in [2.45, 2.75) is 12.2 Å². The van der Waals surface area contributed by atoms with Gasteiger partial charge < -0.3 is 40.9 Å². The van der Waals surface area contributed by atoms with E-state index in [0.717, 1.165) is 22.7 Å². The van der Waals surface area contributed by atoms with Crippen LogP contribution in [0.1, 0.15) is 36.6 Å². The molecule has 0 saturated heterocycles. The Balaban J connectivity index is 1.35. The number of nitrogens with zero attached hydrogens (tertiary/aromatic N) is 2. The van der Waals surface area contributed by atoms with Crippen molar-refractivity contribution in [1.82, 2.24) is 10.6 Å². The molecule has 4 rings (SSSR count). The molecule has 2 amide bonds. The quantitative estimate of drug-likeness (QED) is 0.116. The van der Waals surface area contributed by atoms with Gasteiger partial charge in [0.15, 0.2) is 5.78 Å². The molecule has 4 aromatic rings. The number of hydrogen-bond donors (Lipinski definition) is 6. The van der Waals surface area contributed by atoms with Crippen molar-refractivity contribution in [2.75, 3.05) is 50.2 Å². The lowest BCUT2D eigenvalue weighted by atomic mass is 10.0. The van der Waals surface area contributed by atoms with Gasteiger partial charge in [0.05, 0.1) is 25.4 Å². The van der Waals surface area contributed by atoms with Crippen LogP contribution in [0.15, 0.2) is 97.1 Å². The SMILES string of the molecule is CN(c1ccc(C(=O)NCC(O)CO)cc1)c1ccc(C(=O)c2ccc(N(C)c3ccc(C(=O)NCC(O)CO)cc3)cc2)cc1. The lowest BCUT2D eigenvalue weighted by Gasteiger charge is -2.20. The molecule has 0 radical (unpaired) electrons. The summed E-state index contributed by atoms with van der Waals surface area (Å²) in [6.45, 7) is -0.937. The zero-order chi connectivity index (χ0) is 33.2. The first kappa shape index (κ1) is 33.8. The Labute approximate surface area is 267 Å². The first-order chi connectivity index (χ1) is 22.1. The van der Waals surface area contributed by atoms with E-state index in [2.05, 4.69) is 10.6 Å². The number of amides is 2. The third kappa shape index (κ3) is 8.55. The lowest BCUT2D eigenvalue weighted by molar-refractivity contribution is 0.0799. The molecule has 11 heteroatoms. The van der Waals surface area contributed by atoms with E-state index < -0.39 is 25.4 Å². The number of ketones is 1. The highest BCUT2D eigenvalue weighted by Crippen LogP contribution is 2.27. The average Bonchev–Trinajstić information content (AvgIpc) is 3.11. The smallest absolute Gasteiger partial charge is 0.251 e. The average molecular weight is 627 g/mol. The van der Waals surface area contributed by atoms with E-state index in [1.54, 1.807) is 72.8 Å². The van der Waals surface area contributed by atoms with Crippen molar-refractivity contribution in [3.05, 3.63) is 119 Å². The molecule has 11 nitrogen and oxygen atoms in total. The monoisotopic (exact) mass is 626 g/mol. The highest BCUT2D eigenvalue weighted by atomic mass is 16.3. The Hall–Kier alpha value is -5.07. The van der Waals surface area contributed by atoms with Crippen LogP contribution in [0.2, 0.25) is 0 Å². The van der Waals surface area contributed by atoms with Crippen molar-refractivity contribution in [3.63, 3.8) is 0 Å². The molecule has 0 bridgehead atoms. The van der Waals surface area contributed by atoms with Gasteiger partial charge in [0.2, 0.25) is 0 Å². The Bertz CT molecular complexity index is 1490. The number of carbonyl (C=O) groups excluding carboxylic acids is 3. The van der Waals surface area contributed by atoms with Gasteiger partial charge in [-0.05, 0) is 97.1 Å². The van der Waals surface area contributed by atoms with E-state index in [-0.39, 0.29) is 30.7 Å². The summed E-state index contributed by atoms with van der Waals surface area (Å²) in [5, 5.41) is 41.8. The van der Waals surface area contributed by atoms with Crippen LogP contribution in [0.5, 0.6) is 0 Å². The summed E-state index contributed by atoms with van der Waals surface area (Å²) >= 11 is 0. The molecule has 0 aliphatic carbocycles. The van der Waals surface area contributed by atoms with Gasteiger partial charge in [-0.25, -0.2) is 0 Å². The fraction of sp³-hybridized carbons (Fsp3) is 0.229. The summed E-state index contributed by atoms with van der Waals surface area (Å²) in [6, 6.07) is 28.4. The van der Waals surface area contributed by atoms with Crippen LogP contribution in [-0.4, -0.2) is 90.6 Å². The molecule has 0 spiro atoms. The summed E-state index contributed by atoms with van der Waals surface area (Å²) in [5.41, 5.74) is 5.30. The van der Waals surface area contributed by atoms with Crippen LogP contribution in [0, 0.1) is 0 Å². The molecule has 2 unspecified atom stereocenters. The molecule has 0 fully saturated rings. The maximum atomic E-state index is 13.2. The predicted octanol–water partition coefficient (Wildman–Crippen LogP) is 2.62. The molecule has 4 aromatic carbocycles. The third-order valence-corrected chi connectivity index (χ3v) is 7.49. The van der Waals surface area contributed by atoms with Gasteiger partial charge in [-0.1, -0.05) is 0 Å². The minimum Gasteiger partial charge on any atom is -0.394 e. The zero-order valence-electron chi connectivity index (χ0n) is 25.6. The van der Waals surface area contributed by atoms with Crippen molar-refractivity contribution >= 4 is 40.3 Å². The van der Waals surface area contributed by atoms with Crippen molar-refractivity contribution < 1.29 is 34.8 Å². The van der Waals surface area contributed by atoms with Crippen LogP contribution in [-0.2, 0) is 0 Å². The zero-order valence-corrected chi connectivity index (χ0v) is 25.6. The van der Waals surface area contributed by atoms with E-state index in [9.17, 15) is 24.6 Å².